The van der Waals surface area contributed by atoms with Crippen LogP contribution in [-0.4, -0.2) is 26.9 Å². The van der Waals surface area contributed by atoms with Crippen LogP contribution in [-0.2, 0) is 13.0 Å². The SMILES string of the molecule is COc1ccc(CNCC2CCc3ccc(OC)cc3O2)cc1. The van der Waals surface area contributed by atoms with Gasteiger partial charge in [-0.2, -0.15) is 0 Å². The number of hydrogen-bond donors (Lipinski definition) is 1. The average molecular weight is 313 g/mol. The molecule has 23 heavy (non-hydrogen) atoms. The zero-order chi connectivity index (χ0) is 16.1. The molecule has 4 nitrogen and oxygen atoms in total. The fraction of sp³-hybridized carbons (Fsp3) is 0.368. The van der Waals surface area contributed by atoms with Crippen molar-refractivity contribution in [1.82, 2.24) is 5.32 Å². The monoisotopic (exact) mass is 313 g/mol. The van der Waals surface area contributed by atoms with Crippen molar-refractivity contribution in [3.8, 4) is 17.2 Å². The summed E-state index contributed by atoms with van der Waals surface area (Å²) >= 11 is 0. The van der Waals surface area contributed by atoms with Crippen LogP contribution in [0, 0.1) is 0 Å². The molecule has 1 aliphatic heterocycles. The smallest absolute Gasteiger partial charge is 0.126 e. The van der Waals surface area contributed by atoms with Gasteiger partial charge in [-0.3, -0.25) is 0 Å². The standard InChI is InChI=1S/C19H23NO3/c1-21-16-7-3-14(4-8-16)12-20-13-18-10-6-15-5-9-17(22-2)11-19(15)23-18/h3-5,7-9,11,18,20H,6,10,12-13H2,1-2H3. The van der Waals surface area contributed by atoms with E-state index in [0.29, 0.717) is 0 Å². The molecule has 0 bridgehead atoms. The second-order valence-electron chi connectivity index (χ2n) is 5.73. The van der Waals surface area contributed by atoms with Crippen LogP contribution in [0.4, 0.5) is 0 Å². The molecule has 4 heteroatoms. The summed E-state index contributed by atoms with van der Waals surface area (Å²) in [6.07, 6.45) is 2.29. The number of benzene rings is 2. The molecule has 0 aliphatic carbocycles. The van der Waals surface area contributed by atoms with Crippen LogP contribution < -0.4 is 19.5 Å². The highest BCUT2D eigenvalue weighted by atomic mass is 16.5. The molecule has 2 aromatic carbocycles. The Morgan fingerprint density at radius 3 is 2.52 bits per heavy atom. The molecule has 1 unspecified atom stereocenters. The van der Waals surface area contributed by atoms with E-state index in [0.717, 1.165) is 43.2 Å². The molecule has 3 rings (SSSR count). The summed E-state index contributed by atoms with van der Waals surface area (Å²) in [5, 5.41) is 3.47. The third-order valence-electron chi connectivity index (χ3n) is 4.16. The van der Waals surface area contributed by atoms with E-state index in [1.807, 2.05) is 24.3 Å². The van der Waals surface area contributed by atoms with Crippen LogP contribution in [0.5, 0.6) is 17.2 Å². The molecule has 0 spiro atoms. The molecule has 1 atom stereocenters. The van der Waals surface area contributed by atoms with Gasteiger partial charge in [0.2, 0.25) is 0 Å². The van der Waals surface area contributed by atoms with Crippen LogP contribution in [0.3, 0.4) is 0 Å². The lowest BCUT2D eigenvalue weighted by Crippen LogP contribution is -2.33. The summed E-state index contributed by atoms with van der Waals surface area (Å²) in [7, 11) is 3.36. The van der Waals surface area contributed by atoms with Crippen molar-refractivity contribution < 1.29 is 14.2 Å². The van der Waals surface area contributed by atoms with E-state index in [-0.39, 0.29) is 6.10 Å². The van der Waals surface area contributed by atoms with Crippen molar-refractivity contribution in [2.45, 2.75) is 25.5 Å². The maximum absolute atomic E-state index is 6.09. The van der Waals surface area contributed by atoms with Crippen LogP contribution in [0.25, 0.3) is 0 Å². The lowest BCUT2D eigenvalue weighted by atomic mass is 10.0. The number of fused-ring (bicyclic) bond motifs is 1. The summed E-state index contributed by atoms with van der Waals surface area (Å²) < 4.78 is 16.5. The van der Waals surface area contributed by atoms with E-state index in [9.17, 15) is 0 Å². The highest BCUT2D eigenvalue weighted by Gasteiger charge is 2.19. The molecule has 0 fully saturated rings. The minimum absolute atomic E-state index is 0.202. The van der Waals surface area contributed by atoms with Crippen molar-refractivity contribution in [3.63, 3.8) is 0 Å². The van der Waals surface area contributed by atoms with E-state index in [2.05, 4.69) is 23.5 Å². The Bertz CT molecular complexity index is 640. The van der Waals surface area contributed by atoms with Crippen molar-refractivity contribution in [2.75, 3.05) is 20.8 Å². The third kappa shape index (κ3) is 3.96. The van der Waals surface area contributed by atoms with Gasteiger partial charge in [0.25, 0.3) is 0 Å². The Balaban J connectivity index is 1.51. The van der Waals surface area contributed by atoms with Crippen LogP contribution in [0.1, 0.15) is 17.5 Å². The molecule has 1 aliphatic rings. The van der Waals surface area contributed by atoms with Crippen molar-refractivity contribution in [3.05, 3.63) is 53.6 Å². The van der Waals surface area contributed by atoms with Crippen LogP contribution >= 0.6 is 0 Å². The Morgan fingerprint density at radius 2 is 1.78 bits per heavy atom. The molecule has 1 N–H and O–H groups in total. The van der Waals surface area contributed by atoms with Crippen LogP contribution in [0.15, 0.2) is 42.5 Å². The van der Waals surface area contributed by atoms with Gasteiger partial charge >= 0.3 is 0 Å². The molecule has 1 heterocycles. The normalized spacial score (nSPS) is 16.3. The summed E-state index contributed by atoms with van der Waals surface area (Å²) in [5.74, 6) is 2.68. The zero-order valence-corrected chi connectivity index (χ0v) is 13.7. The first-order chi connectivity index (χ1) is 11.3. The Labute approximate surface area is 137 Å². The van der Waals surface area contributed by atoms with E-state index < -0.39 is 0 Å². The Hall–Kier alpha value is -2.20. The summed E-state index contributed by atoms with van der Waals surface area (Å²) in [4.78, 5) is 0. The highest BCUT2D eigenvalue weighted by molar-refractivity contribution is 5.42. The molecular weight excluding hydrogens is 290 g/mol. The molecule has 0 radical (unpaired) electrons. The first-order valence-corrected chi connectivity index (χ1v) is 7.95. The number of nitrogens with one attached hydrogen (secondary N) is 1. The first-order valence-electron chi connectivity index (χ1n) is 7.95. The number of methoxy groups -OCH3 is 2. The zero-order valence-electron chi connectivity index (χ0n) is 13.7. The largest absolute Gasteiger partial charge is 0.497 e. The molecule has 122 valence electrons. The Morgan fingerprint density at radius 1 is 1.04 bits per heavy atom. The second kappa shape index (κ2) is 7.38. The molecule has 0 saturated heterocycles. The van der Waals surface area contributed by atoms with E-state index in [4.69, 9.17) is 14.2 Å². The van der Waals surface area contributed by atoms with Gasteiger partial charge in [0.1, 0.15) is 23.4 Å². The number of hydrogen-bond acceptors (Lipinski definition) is 4. The van der Waals surface area contributed by atoms with Gasteiger partial charge in [-0.05, 0) is 42.2 Å². The van der Waals surface area contributed by atoms with E-state index in [1.165, 1.54) is 11.1 Å². The Kier molecular flexibility index (Phi) is 5.03. The van der Waals surface area contributed by atoms with E-state index in [1.54, 1.807) is 14.2 Å². The van der Waals surface area contributed by atoms with Gasteiger partial charge in [-0.25, -0.2) is 0 Å². The summed E-state index contributed by atoms with van der Waals surface area (Å²) in [5.41, 5.74) is 2.50. The van der Waals surface area contributed by atoms with Crippen molar-refractivity contribution in [2.24, 2.45) is 0 Å². The minimum atomic E-state index is 0.202. The van der Waals surface area contributed by atoms with Gasteiger partial charge in [0.15, 0.2) is 0 Å². The molecule has 2 aromatic rings. The lowest BCUT2D eigenvalue weighted by Gasteiger charge is -2.26. The van der Waals surface area contributed by atoms with Crippen molar-refractivity contribution in [1.29, 1.82) is 0 Å². The predicted molar refractivity (Wildman–Crippen MR) is 90.4 cm³/mol. The predicted octanol–water partition coefficient (Wildman–Crippen LogP) is 3.19. The van der Waals surface area contributed by atoms with E-state index >= 15 is 0 Å². The van der Waals surface area contributed by atoms with Gasteiger partial charge in [0.05, 0.1) is 14.2 Å². The molecule has 0 aromatic heterocycles. The minimum Gasteiger partial charge on any atom is -0.497 e. The average Bonchev–Trinajstić information content (AvgIpc) is 2.61. The summed E-state index contributed by atoms with van der Waals surface area (Å²) in [6.45, 7) is 1.66. The second-order valence-corrected chi connectivity index (χ2v) is 5.73. The third-order valence-corrected chi connectivity index (χ3v) is 4.16. The number of ether oxygens (including phenoxy) is 3. The van der Waals surface area contributed by atoms with Gasteiger partial charge in [-0.1, -0.05) is 18.2 Å². The maximum atomic E-state index is 6.09. The fourth-order valence-electron chi connectivity index (χ4n) is 2.80. The topological polar surface area (TPSA) is 39.7 Å². The number of rotatable bonds is 6. The maximum Gasteiger partial charge on any atom is 0.126 e. The van der Waals surface area contributed by atoms with Gasteiger partial charge in [-0.15, -0.1) is 0 Å². The quantitative estimate of drug-likeness (QED) is 0.889. The highest BCUT2D eigenvalue weighted by Crippen LogP contribution is 2.31. The molecule has 0 saturated carbocycles. The van der Waals surface area contributed by atoms with Crippen molar-refractivity contribution >= 4 is 0 Å². The summed E-state index contributed by atoms with van der Waals surface area (Å²) in [6, 6.07) is 14.2. The lowest BCUT2D eigenvalue weighted by molar-refractivity contribution is 0.169. The fourth-order valence-corrected chi connectivity index (χ4v) is 2.80. The van der Waals surface area contributed by atoms with Gasteiger partial charge < -0.3 is 19.5 Å². The first kappa shape index (κ1) is 15.7. The van der Waals surface area contributed by atoms with Crippen LogP contribution in [0.2, 0.25) is 0 Å². The van der Waals surface area contributed by atoms with Gasteiger partial charge in [0, 0.05) is 19.2 Å². The molecular formula is C19H23NO3. The molecule has 0 amide bonds. The number of aryl methyl sites for hydroxylation is 1.